The normalized spacial score (nSPS) is 26.4. The Bertz CT molecular complexity index is 508. The second kappa shape index (κ2) is 7.24. The lowest BCUT2D eigenvalue weighted by molar-refractivity contribution is -0.130. The standard InChI is InChI=1S/C17H23ClN2OS/c1-12(22-16-4-2-15(18)3-5-16)17(21)20-8-6-13-10-19-11-14(13)7-9-20/h2-5,12-14,19H,6-11H2,1H3/t12?,13-,14+. The molecule has 3 nitrogen and oxygen atoms in total. The Morgan fingerprint density at radius 3 is 2.41 bits per heavy atom. The lowest BCUT2D eigenvalue weighted by Gasteiger charge is -2.24. The summed E-state index contributed by atoms with van der Waals surface area (Å²) in [7, 11) is 0. The number of rotatable bonds is 3. The Morgan fingerprint density at radius 2 is 1.82 bits per heavy atom. The van der Waals surface area contributed by atoms with Gasteiger partial charge < -0.3 is 10.2 Å². The van der Waals surface area contributed by atoms with Crippen molar-refractivity contribution in [2.45, 2.75) is 29.9 Å². The molecule has 2 saturated heterocycles. The first kappa shape index (κ1) is 16.2. The summed E-state index contributed by atoms with van der Waals surface area (Å²) >= 11 is 7.53. The SMILES string of the molecule is CC(Sc1ccc(Cl)cc1)C(=O)N1CC[C@@H]2CNC[C@@H]2CC1. The predicted molar refractivity (Wildman–Crippen MR) is 92.4 cm³/mol. The zero-order valence-corrected chi connectivity index (χ0v) is 14.5. The number of nitrogens with zero attached hydrogens (tertiary/aromatic N) is 1. The molecule has 1 aromatic rings. The lowest BCUT2D eigenvalue weighted by Crippen LogP contribution is -2.37. The molecule has 22 heavy (non-hydrogen) atoms. The Balaban J connectivity index is 1.57. The zero-order valence-electron chi connectivity index (χ0n) is 12.9. The number of carbonyl (C=O) groups excluding carboxylic acids is 1. The minimum Gasteiger partial charge on any atom is -0.342 e. The van der Waals surface area contributed by atoms with E-state index in [0.29, 0.717) is 0 Å². The molecule has 1 N–H and O–H groups in total. The van der Waals surface area contributed by atoms with E-state index in [1.165, 1.54) is 0 Å². The third kappa shape index (κ3) is 3.79. The maximum absolute atomic E-state index is 12.7. The van der Waals surface area contributed by atoms with Gasteiger partial charge in [-0.3, -0.25) is 4.79 Å². The number of fused-ring (bicyclic) bond motifs is 1. The van der Waals surface area contributed by atoms with Crippen molar-refractivity contribution < 1.29 is 4.79 Å². The van der Waals surface area contributed by atoms with E-state index in [-0.39, 0.29) is 11.2 Å². The van der Waals surface area contributed by atoms with Gasteiger partial charge in [-0.25, -0.2) is 0 Å². The highest BCUT2D eigenvalue weighted by molar-refractivity contribution is 8.00. The van der Waals surface area contributed by atoms with Gasteiger partial charge in [0, 0.05) is 23.0 Å². The van der Waals surface area contributed by atoms with Crippen LogP contribution in [-0.2, 0) is 4.79 Å². The number of halogens is 1. The van der Waals surface area contributed by atoms with Crippen LogP contribution in [-0.4, -0.2) is 42.2 Å². The van der Waals surface area contributed by atoms with Gasteiger partial charge in [0.25, 0.3) is 0 Å². The molecule has 5 heteroatoms. The summed E-state index contributed by atoms with van der Waals surface area (Å²) in [5.74, 6) is 1.79. The number of benzene rings is 1. The van der Waals surface area contributed by atoms with Gasteiger partial charge in [0.15, 0.2) is 0 Å². The first-order valence-corrected chi connectivity index (χ1v) is 9.31. The number of nitrogens with one attached hydrogen (secondary N) is 1. The maximum Gasteiger partial charge on any atom is 0.235 e. The molecule has 0 radical (unpaired) electrons. The summed E-state index contributed by atoms with van der Waals surface area (Å²) in [6.07, 6.45) is 2.28. The Labute approximate surface area is 141 Å². The molecule has 0 spiro atoms. The summed E-state index contributed by atoms with van der Waals surface area (Å²) < 4.78 is 0. The summed E-state index contributed by atoms with van der Waals surface area (Å²) in [5, 5.41) is 4.17. The molecule has 0 aromatic heterocycles. The van der Waals surface area contributed by atoms with Crippen molar-refractivity contribution in [2.75, 3.05) is 26.2 Å². The molecular weight excluding hydrogens is 316 g/mol. The van der Waals surface area contributed by atoms with Crippen molar-refractivity contribution in [3.05, 3.63) is 29.3 Å². The van der Waals surface area contributed by atoms with Gasteiger partial charge >= 0.3 is 0 Å². The molecule has 3 atom stereocenters. The van der Waals surface area contributed by atoms with Gasteiger partial charge in [-0.15, -0.1) is 11.8 Å². The molecule has 1 aromatic carbocycles. The molecule has 0 aliphatic carbocycles. The zero-order chi connectivity index (χ0) is 15.5. The Kier molecular flexibility index (Phi) is 5.32. The van der Waals surface area contributed by atoms with Crippen LogP contribution in [0.2, 0.25) is 5.02 Å². The third-order valence-corrected chi connectivity index (χ3v) is 6.16. The van der Waals surface area contributed by atoms with Gasteiger partial charge in [-0.1, -0.05) is 11.6 Å². The minimum atomic E-state index is -0.0442. The van der Waals surface area contributed by atoms with Gasteiger partial charge in [0.05, 0.1) is 5.25 Å². The Hall–Kier alpha value is -0.710. The van der Waals surface area contributed by atoms with E-state index in [2.05, 4.69) is 10.2 Å². The summed E-state index contributed by atoms with van der Waals surface area (Å²) in [6, 6.07) is 7.72. The molecule has 1 unspecified atom stereocenters. The van der Waals surface area contributed by atoms with Crippen LogP contribution in [0.15, 0.2) is 29.2 Å². The largest absolute Gasteiger partial charge is 0.342 e. The van der Waals surface area contributed by atoms with Crippen molar-refractivity contribution in [1.82, 2.24) is 10.2 Å². The van der Waals surface area contributed by atoms with E-state index in [4.69, 9.17) is 11.6 Å². The topological polar surface area (TPSA) is 32.3 Å². The van der Waals surface area contributed by atoms with Crippen LogP contribution < -0.4 is 5.32 Å². The monoisotopic (exact) mass is 338 g/mol. The average Bonchev–Trinajstić information content (AvgIpc) is 2.87. The summed E-state index contributed by atoms with van der Waals surface area (Å²) in [4.78, 5) is 15.9. The number of thioether (sulfide) groups is 1. The van der Waals surface area contributed by atoms with Crippen molar-refractivity contribution in [1.29, 1.82) is 0 Å². The second-order valence-electron chi connectivity index (χ2n) is 6.30. The van der Waals surface area contributed by atoms with Crippen LogP contribution in [0.5, 0.6) is 0 Å². The van der Waals surface area contributed by atoms with E-state index >= 15 is 0 Å². The van der Waals surface area contributed by atoms with Crippen LogP contribution in [0.1, 0.15) is 19.8 Å². The highest BCUT2D eigenvalue weighted by Gasteiger charge is 2.32. The molecule has 0 bridgehead atoms. The van der Waals surface area contributed by atoms with E-state index in [1.54, 1.807) is 11.8 Å². The second-order valence-corrected chi connectivity index (χ2v) is 8.15. The molecule has 1 amide bonds. The van der Waals surface area contributed by atoms with Crippen molar-refractivity contribution in [3.8, 4) is 0 Å². The highest BCUT2D eigenvalue weighted by Crippen LogP contribution is 2.30. The maximum atomic E-state index is 12.7. The van der Waals surface area contributed by atoms with Crippen LogP contribution in [0, 0.1) is 11.8 Å². The van der Waals surface area contributed by atoms with Crippen molar-refractivity contribution in [2.24, 2.45) is 11.8 Å². The minimum absolute atomic E-state index is 0.0442. The number of likely N-dealkylation sites (tertiary alicyclic amines) is 1. The average molecular weight is 339 g/mol. The predicted octanol–water partition coefficient (Wildman–Crippen LogP) is 3.28. The molecule has 120 valence electrons. The summed E-state index contributed by atoms with van der Waals surface area (Å²) in [6.45, 7) is 6.08. The molecule has 2 fully saturated rings. The fraction of sp³-hybridized carbons (Fsp3) is 0.588. The molecule has 2 heterocycles. The smallest absolute Gasteiger partial charge is 0.235 e. The van der Waals surface area contributed by atoms with Gasteiger partial charge in [-0.05, 0) is 69.0 Å². The fourth-order valence-electron chi connectivity index (χ4n) is 3.46. The molecule has 3 rings (SSSR count). The number of hydrogen-bond donors (Lipinski definition) is 1. The van der Waals surface area contributed by atoms with Gasteiger partial charge in [-0.2, -0.15) is 0 Å². The molecule has 0 saturated carbocycles. The Morgan fingerprint density at radius 1 is 1.23 bits per heavy atom. The first-order chi connectivity index (χ1) is 10.6. The quantitative estimate of drug-likeness (QED) is 0.858. The lowest BCUT2D eigenvalue weighted by atomic mass is 9.92. The van der Waals surface area contributed by atoms with Gasteiger partial charge in [0.2, 0.25) is 5.91 Å². The number of carbonyl (C=O) groups is 1. The molecular formula is C17H23ClN2OS. The third-order valence-electron chi connectivity index (χ3n) is 4.81. The van der Waals surface area contributed by atoms with Crippen LogP contribution in [0.4, 0.5) is 0 Å². The van der Waals surface area contributed by atoms with Crippen molar-refractivity contribution in [3.63, 3.8) is 0 Å². The van der Waals surface area contributed by atoms with E-state index in [0.717, 1.165) is 60.8 Å². The molecule has 2 aliphatic rings. The van der Waals surface area contributed by atoms with Crippen LogP contribution >= 0.6 is 23.4 Å². The van der Waals surface area contributed by atoms with E-state index in [1.807, 2.05) is 31.2 Å². The number of amides is 1. The number of hydrogen-bond acceptors (Lipinski definition) is 3. The van der Waals surface area contributed by atoms with Crippen LogP contribution in [0.25, 0.3) is 0 Å². The molecule has 2 aliphatic heterocycles. The van der Waals surface area contributed by atoms with E-state index in [9.17, 15) is 4.79 Å². The fourth-order valence-corrected chi connectivity index (χ4v) is 4.54. The van der Waals surface area contributed by atoms with E-state index < -0.39 is 0 Å². The first-order valence-electron chi connectivity index (χ1n) is 8.05. The van der Waals surface area contributed by atoms with Gasteiger partial charge in [0.1, 0.15) is 0 Å². The highest BCUT2D eigenvalue weighted by atomic mass is 35.5. The van der Waals surface area contributed by atoms with Crippen molar-refractivity contribution >= 4 is 29.3 Å². The summed E-state index contributed by atoms with van der Waals surface area (Å²) in [5.41, 5.74) is 0. The van der Waals surface area contributed by atoms with Crippen LogP contribution in [0.3, 0.4) is 0 Å².